The average Bonchev–Trinajstić information content (AvgIpc) is 2.12. The van der Waals surface area contributed by atoms with Crippen molar-refractivity contribution in [3.63, 3.8) is 0 Å². The summed E-state index contributed by atoms with van der Waals surface area (Å²) in [5.41, 5.74) is 0. The van der Waals surface area contributed by atoms with Crippen molar-refractivity contribution >= 4 is 0 Å². The highest BCUT2D eigenvalue weighted by atomic mass is 14.3. The van der Waals surface area contributed by atoms with Crippen LogP contribution in [-0.2, 0) is 0 Å². The Morgan fingerprint density at radius 1 is 0.769 bits per heavy atom. The Morgan fingerprint density at radius 2 is 1.23 bits per heavy atom. The van der Waals surface area contributed by atoms with E-state index in [0.717, 1.165) is 23.7 Å². The molecule has 0 spiro atoms. The van der Waals surface area contributed by atoms with Crippen molar-refractivity contribution in [1.82, 2.24) is 0 Å². The molecule has 0 heteroatoms. The summed E-state index contributed by atoms with van der Waals surface area (Å²) in [5, 5.41) is 0. The lowest BCUT2D eigenvalue weighted by Crippen LogP contribution is -2.24. The third kappa shape index (κ3) is 3.70. The van der Waals surface area contributed by atoms with E-state index in [1.165, 1.54) is 19.3 Å². The van der Waals surface area contributed by atoms with Crippen molar-refractivity contribution < 1.29 is 0 Å². The van der Waals surface area contributed by atoms with E-state index in [1.807, 2.05) is 0 Å². The van der Waals surface area contributed by atoms with Gasteiger partial charge in [0.15, 0.2) is 0 Å². The van der Waals surface area contributed by atoms with Crippen molar-refractivity contribution in [1.29, 1.82) is 0 Å². The summed E-state index contributed by atoms with van der Waals surface area (Å²) in [6, 6.07) is 0. The first kappa shape index (κ1) is 13.0. The van der Waals surface area contributed by atoms with Gasteiger partial charge in [-0.15, -0.1) is 0 Å². The average molecular weight is 184 g/mol. The van der Waals surface area contributed by atoms with Crippen LogP contribution in [0, 0.1) is 23.7 Å². The molecule has 0 aliphatic heterocycles. The van der Waals surface area contributed by atoms with Gasteiger partial charge in [0.2, 0.25) is 0 Å². The standard InChI is InChI=1S/C13H28/c1-7-12(8-2)13(9-3)11(6)10(4)5/h10-13H,7-9H2,1-6H3. The topological polar surface area (TPSA) is 0 Å². The van der Waals surface area contributed by atoms with E-state index in [9.17, 15) is 0 Å². The Balaban J connectivity index is 4.29. The molecule has 2 atom stereocenters. The van der Waals surface area contributed by atoms with Crippen LogP contribution < -0.4 is 0 Å². The van der Waals surface area contributed by atoms with Crippen LogP contribution in [0.25, 0.3) is 0 Å². The van der Waals surface area contributed by atoms with Gasteiger partial charge < -0.3 is 0 Å². The number of rotatable bonds is 6. The Morgan fingerprint density at radius 3 is 1.46 bits per heavy atom. The van der Waals surface area contributed by atoms with Gasteiger partial charge in [0.1, 0.15) is 0 Å². The first-order valence-corrected chi connectivity index (χ1v) is 6.08. The normalized spacial score (nSPS) is 16.6. The molecule has 0 N–H and O–H groups in total. The van der Waals surface area contributed by atoms with Gasteiger partial charge in [0.05, 0.1) is 0 Å². The van der Waals surface area contributed by atoms with Crippen LogP contribution in [-0.4, -0.2) is 0 Å². The molecular weight excluding hydrogens is 156 g/mol. The highest BCUT2D eigenvalue weighted by Gasteiger charge is 2.24. The molecule has 0 aromatic rings. The predicted molar refractivity (Wildman–Crippen MR) is 61.9 cm³/mol. The van der Waals surface area contributed by atoms with Gasteiger partial charge in [0, 0.05) is 0 Å². The van der Waals surface area contributed by atoms with Crippen LogP contribution in [0.2, 0.25) is 0 Å². The van der Waals surface area contributed by atoms with Gasteiger partial charge in [-0.25, -0.2) is 0 Å². The van der Waals surface area contributed by atoms with Gasteiger partial charge in [0.25, 0.3) is 0 Å². The summed E-state index contributed by atoms with van der Waals surface area (Å²) >= 11 is 0. The Bertz CT molecular complexity index is 109. The van der Waals surface area contributed by atoms with Crippen LogP contribution in [0.3, 0.4) is 0 Å². The summed E-state index contributed by atoms with van der Waals surface area (Å²) in [7, 11) is 0. The lowest BCUT2D eigenvalue weighted by atomic mass is 9.74. The van der Waals surface area contributed by atoms with E-state index >= 15 is 0 Å². The third-order valence-corrected chi connectivity index (χ3v) is 3.85. The largest absolute Gasteiger partial charge is 0.0651 e. The van der Waals surface area contributed by atoms with Crippen LogP contribution in [0.1, 0.15) is 60.8 Å². The summed E-state index contributed by atoms with van der Waals surface area (Å²) in [6.07, 6.45) is 4.06. The van der Waals surface area contributed by atoms with E-state index < -0.39 is 0 Å². The molecule has 0 aromatic carbocycles. The van der Waals surface area contributed by atoms with Crippen molar-refractivity contribution in [3.05, 3.63) is 0 Å². The van der Waals surface area contributed by atoms with Crippen LogP contribution in [0.5, 0.6) is 0 Å². The maximum Gasteiger partial charge on any atom is -0.0360 e. The fourth-order valence-electron chi connectivity index (χ4n) is 2.52. The molecule has 2 unspecified atom stereocenters. The molecule has 0 saturated carbocycles. The molecule has 0 nitrogen and oxygen atoms in total. The Labute approximate surface area is 85.1 Å². The molecule has 0 saturated heterocycles. The molecule has 0 aromatic heterocycles. The van der Waals surface area contributed by atoms with Crippen molar-refractivity contribution in [2.75, 3.05) is 0 Å². The fraction of sp³-hybridized carbons (Fsp3) is 1.00. The van der Waals surface area contributed by atoms with E-state index in [2.05, 4.69) is 41.5 Å². The lowest BCUT2D eigenvalue weighted by molar-refractivity contribution is 0.177. The molecule has 0 bridgehead atoms. The van der Waals surface area contributed by atoms with E-state index in [1.54, 1.807) is 0 Å². The molecule has 0 heterocycles. The molecule has 0 fully saturated rings. The molecule has 0 aliphatic rings. The maximum absolute atomic E-state index is 2.43. The molecule has 0 radical (unpaired) electrons. The Kier molecular flexibility index (Phi) is 6.45. The second-order valence-corrected chi connectivity index (χ2v) is 4.75. The molecular formula is C13H28. The van der Waals surface area contributed by atoms with Gasteiger partial charge >= 0.3 is 0 Å². The second-order valence-electron chi connectivity index (χ2n) is 4.75. The van der Waals surface area contributed by atoms with Gasteiger partial charge in [-0.3, -0.25) is 0 Å². The fourth-order valence-corrected chi connectivity index (χ4v) is 2.52. The number of hydrogen-bond donors (Lipinski definition) is 0. The first-order chi connectivity index (χ1) is 6.08. The smallest absolute Gasteiger partial charge is 0.0360 e. The molecule has 13 heavy (non-hydrogen) atoms. The highest BCUT2D eigenvalue weighted by molar-refractivity contribution is 4.74. The zero-order valence-corrected chi connectivity index (χ0v) is 10.4. The number of hydrogen-bond acceptors (Lipinski definition) is 0. The van der Waals surface area contributed by atoms with Gasteiger partial charge in [-0.05, 0) is 23.7 Å². The summed E-state index contributed by atoms with van der Waals surface area (Å²) < 4.78 is 0. The minimum atomic E-state index is 0.838. The van der Waals surface area contributed by atoms with E-state index in [0.29, 0.717) is 0 Å². The SMILES string of the molecule is CCC(CC)C(CC)C(C)C(C)C. The van der Waals surface area contributed by atoms with E-state index in [4.69, 9.17) is 0 Å². The highest BCUT2D eigenvalue weighted by Crippen LogP contribution is 2.33. The zero-order chi connectivity index (χ0) is 10.4. The summed E-state index contributed by atoms with van der Waals surface area (Å²) in [6.45, 7) is 14.2. The van der Waals surface area contributed by atoms with E-state index in [-0.39, 0.29) is 0 Å². The van der Waals surface area contributed by atoms with Crippen LogP contribution in [0.4, 0.5) is 0 Å². The monoisotopic (exact) mass is 184 g/mol. The van der Waals surface area contributed by atoms with Crippen LogP contribution in [0.15, 0.2) is 0 Å². The zero-order valence-electron chi connectivity index (χ0n) is 10.4. The van der Waals surface area contributed by atoms with Crippen LogP contribution >= 0.6 is 0 Å². The molecule has 0 amide bonds. The summed E-state index contributed by atoms with van der Waals surface area (Å²) in [4.78, 5) is 0. The van der Waals surface area contributed by atoms with Crippen molar-refractivity contribution in [2.45, 2.75) is 60.8 Å². The third-order valence-electron chi connectivity index (χ3n) is 3.85. The van der Waals surface area contributed by atoms with Gasteiger partial charge in [-0.1, -0.05) is 60.8 Å². The second kappa shape index (κ2) is 6.45. The van der Waals surface area contributed by atoms with Crippen molar-refractivity contribution in [2.24, 2.45) is 23.7 Å². The lowest BCUT2D eigenvalue weighted by Gasteiger charge is -2.32. The minimum absolute atomic E-state index is 0.838. The molecule has 80 valence electrons. The molecule has 0 rings (SSSR count). The predicted octanol–water partition coefficient (Wildman–Crippen LogP) is 4.74. The van der Waals surface area contributed by atoms with Gasteiger partial charge in [-0.2, -0.15) is 0 Å². The minimum Gasteiger partial charge on any atom is -0.0651 e. The maximum atomic E-state index is 2.43. The quantitative estimate of drug-likeness (QED) is 0.559. The van der Waals surface area contributed by atoms with Crippen molar-refractivity contribution in [3.8, 4) is 0 Å². The summed E-state index contributed by atoms with van der Waals surface area (Å²) in [5.74, 6) is 3.61. The first-order valence-electron chi connectivity index (χ1n) is 6.08. The Hall–Kier alpha value is 0. The molecule has 0 aliphatic carbocycles.